The van der Waals surface area contributed by atoms with Crippen molar-refractivity contribution < 1.29 is 19.0 Å². The molecule has 2 heterocycles. The van der Waals surface area contributed by atoms with Gasteiger partial charge in [0.2, 0.25) is 0 Å². The maximum atomic E-state index is 11.9. The van der Waals surface area contributed by atoms with E-state index in [0.29, 0.717) is 0 Å². The van der Waals surface area contributed by atoms with Crippen molar-refractivity contribution in [1.29, 1.82) is 0 Å². The van der Waals surface area contributed by atoms with E-state index in [1.54, 1.807) is 0 Å². The minimum absolute atomic E-state index is 0.0209. The molecule has 0 aromatic carbocycles. The van der Waals surface area contributed by atoms with Crippen LogP contribution >= 0.6 is 0 Å². The van der Waals surface area contributed by atoms with Gasteiger partial charge in [-0.3, -0.25) is 4.79 Å². The molecule has 2 aliphatic heterocycles. The normalized spacial score (nSPS) is 25.3. The lowest BCUT2D eigenvalue weighted by atomic mass is 9.89. The Kier molecular flexibility index (Phi) is 11.7. The fraction of sp³-hybridized carbons (Fsp3) is 0.875. The molecule has 3 unspecified atom stereocenters. The van der Waals surface area contributed by atoms with Crippen LogP contribution in [0.25, 0.3) is 0 Å². The van der Waals surface area contributed by atoms with Crippen LogP contribution in [0.5, 0.6) is 0 Å². The third kappa shape index (κ3) is 8.55. The monoisotopic (exact) mass is 394 g/mol. The summed E-state index contributed by atoms with van der Waals surface area (Å²) in [6.45, 7) is 5.22. The van der Waals surface area contributed by atoms with Crippen LogP contribution in [-0.2, 0) is 19.0 Å². The van der Waals surface area contributed by atoms with Crippen LogP contribution in [-0.4, -0.2) is 25.0 Å². The van der Waals surface area contributed by atoms with E-state index in [4.69, 9.17) is 14.2 Å². The summed E-state index contributed by atoms with van der Waals surface area (Å²) in [4.78, 5) is 11.9. The minimum atomic E-state index is -0.126. The second-order valence-electron chi connectivity index (χ2n) is 8.42. The van der Waals surface area contributed by atoms with Crippen LogP contribution in [0.4, 0.5) is 0 Å². The average molecular weight is 395 g/mol. The fourth-order valence-corrected chi connectivity index (χ4v) is 3.98. The molecule has 0 aromatic heterocycles. The van der Waals surface area contributed by atoms with Gasteiger partial charge in [0.25, 0.3) is 0 Å². The van der Waals surface area contributed by atoms with Gasteiger partial charge >= 0.3 is 5.97 Å². The van der Waals surface area contributed by atoms with E-state index in [9.17, 15) is 4.79 Å². The summed E-state index contributed by atoms with van der Waals surface area (Å²) in [6.07, 6.45) is 19.4. The number of carbonyl (C=O) groups excluding carboxylic acids is 1. The molecular weight excluding hydrogens is 352 g/mol. The van der Waals surface area contributed by atoms with Gasteiger partial charge in [-0.05, 0) is 31.8 Å². The molecule has 4 heteroatoms. The third-order valence-corrected chi connectivity index (χ3v) is 5.87. The second kappa shape index (κ2) is 14.0. The van der Waals surface area contributed by atoms with Crippen LogP contribution < -0.4 is 0 Å². The number of allylic oxidation sites excluding steroid dienone is 1. The van der Waals surface area contributed by atoms with Crippen molar-refractivity contribution in [2.75, 3.05) is 6.61 Å². The number of esters is 1. The van der Waals surface area contributed by atoms with E-state index in [0.717, 1.165) is 63.7 Å². The standard InChI is InChI=1S/C24H42O4/c1-3-5-7-8-9-10-11-12-16-21-22(28-24(21)25)19-20(15-6-4-2)27-23-17-13-14-18-26-23/h19,21-23H,3-18H2,1-2H3/b20-19-. The van der Waals surface area contributed by atoms with E-state index >= 15 is 0 Å². The van der Waals surface area contributed by atoms with Gasteiger partial charge in [0.05, 0.1) is 18.3 Å². The van der Waals surface area contributed by atoms with Gasteiger partial charge in [-0.2, -0.15) is 0 Å². The van der Waals surface area contributed by atoms with Crippen molar-refractivity contribution in [2.24, 2.45) is 5.92 Å². The van der Waals surface area contributed by atoms with Gasteiger partial charge in [-0.25, -0.2) is 0 Å². The van der Waals surface area contributed by atoms with E-state index in [1.807, 2.05) is 0 Å². The predicted molar refractivity (Wildman–Crippen MR) is 113 cm³/mol. The second-order valence-corrected chi connectivity index (χ2v) is 8.42. The Balaban J connectivity index is 1.72. The SMILES string of the molecule is CCCCCCCCCCC1C(=O)OC1/C=C(/CCCC)OC1CCCCO1. The predicted octanol–water partition coefficient (Wildman–Crippen LogP) is 6.68. The molecule has 3 atom stereocenters. The molecule has 0 aromatic rings. The van der Waals surface area contributed by atoms with Crippen LogP contribution in [0.15, 0.2) is 11.8 Å². The summed E-state index contributed by atoms with van der Waals surface area (Å²) in [7, 11) is 0. The molecule has 2 saturated heterocycles. The number of hydrogen-bond acceptors (Lipinski definition) is 4. The smallest absolute Gasteiger partial charge is 0.313 e. The Morgan fingerprint density at radius 3 is 2.36 bits per heavy atom. The van der Waals surface area contributed by atoms with Crippen molar-refractivity contribution in [2.45, 2.75) is 123 Å². The maximum Gasteiger partial charge on any atom is 0.313 e. The van der Waals surface area contributed by atoms with Crippen LogP contribution in [0, 0.1) is 5.92 Å². The fourth-order valence-electron chi connectivity index (χ4n) is 3.98. The highest BCUT2D eigenvalue weighted by Gasteiger charge is 2.40. The number of cyclic esters (lactones) is 1. The lowest BCUT2D eigenvalue weighted by Gasteiger charge is -2.34. The molecule has 0 amide bonds. The van der Waals surface area contributed by atoms with Crippen LogP contribution in [0.2, 0.25) is 0 Å². The highest BCUT2D eigenvalue weighted by molar-refractivity contribution is 5.79. The number of unbranched alkanes of at least 4 members (excludes halogenated alkanes) is 8. The lowest BCUT2D eigenvalue weighted by molar-refractivity contribution is -0.179. The highest BCUT2D eigenvalue weighted by Crippen LogP contribution is 2.31. The molecule has 0 aliphatic carbocycles. The molecule has 2 rings (SSSR count). The topological polar surface area (TPSA) is 44.8 Å². The molecule has 0 N–H and O–H groups in total. The van der Waals surface area contributed by atoms with E-state index in [1.165, 1.54) is 44.9 Å². The summed E-state index contributed by atoms with van der Waals surface area (Å²) in [6, 6.07) is 0. The summed E-state index contributed by atoms with van der Waals surface area (Å²) in [5.74, 6) is 0.938. The van der Waals surface area contributed by atoms with Gasteiger partial charge in [0, 0.05) is 12.8 Å². The van der Waals surface area contributed by atoms with Gasteiger partial charge in [0.15, 0.2) is 6.29 Å². The Morgan fingerprint density at radius 2 is 1.71 bits per heavy atom. The minimum Gasteiger partial charge on any atom is -0.469 e. The van der Waals surface area contributed by atoms with E-state index in [-0.39, 0.29) is 24.3 Å². The Morgan fingerprint density at radius 1 is 1.00 bits per heavy atom. The van der Waals surface area contributed by atoms with Crippen molar-refractivity contribution in [3.05, 3.63) is 11.8 Å². The summed E-state index contributed by atoms with van der Waals surface area (Å²) in [5.41, 5.74) is 0. The molecular formula is C24H42O4. The van der Waals surface area contributed by atoms with Crippen LogP contribution in [0.3, 0.4) is 0 Å². The first-order valence-electron chi connectivity index (χ1n) is 11.9. The number of ether oxygens (including phenoxy) is 3. The van der Waals surface area contributed by atoms with Gasteiger partial charge in [0.1, 0.15) is 6.10 Å². The van der Waals surface area contributed by atoms with Crippen molar-refractivity contribution in [3.63, 3.8) is 0 Å². The van der Waals surface area contributed by atoms with Crippen molar-refractivity contribution >= 4 is 5.97 Å². The highest BCUT2D eigenvalue weighted by atomic mass is 16.7. The molecule has 0 bridgehead atoms. The first kappa shape index (κ1) is 23.3. The Bertz CT molecular complexity index is 454. The first-order valence-corrected chi connectivity index (χ1v) is 11.9. The molecule has 162 valence electrons. The lowest BCUT2D eigenvalue weighted by Crippen LogP contribution is -2.44. The Labute approximate surface area is 172 Å². The largest absolute Gasteiger partial charge is 0.469 e. The molecule has 2 aliphatic rings. The molecule has 4 nitrogen and oxygen atoms in total. The molecule has 2 fully saturated rings. The van der Waals surface area contributed by atoms with Crippen molar-refractivity contribution in [1.82, 2.24) is 0 Å². The number of carbonyl (C=O) groups is 1. The number of rotatable bonds is 15. The van der Waals surface area contributed by atoms with Crippen molar-refractivity contribution in [3.8, 4) is 0 Å². The average Bonchev–Trinajstić information content (AvgIpc) is 2.71. The third-order valence-electron chi connectivity index (χ3n) is 5.87. The maximum absolute atomic E-state index is 11.9. The zero-order valence-corrected chi connectivity index (χ0v) is 18.3. The first-order chi connectivity index (χ1) is 13.7. The number of hydrogen-bond donors (Lipinski definition) is 0. The summed E-state index contributed by atoms with van der Waals surface area (Å²) in [5, 5.41) is 0. The van der Waals surface area contributed by atoms with E-state index < -0.39 is 0 Å². The molecule has 0 saturated carbocycles. The summed E-state index contributed by atoms with van der Waals surface area (Å²) >= 11 is 0. The molecule has 0 spiro atoms. The molecule has 28 heavy (non-hydrogen) atoms. The molecule has 0 radical (unpaired) electrons. The quantitative estimate of drug-likeness (QED) is 0.177. The zero-order chi connectivity index (χ0) is 20.0. The summed E-state index contributed by atoms with van der Waals surface area (Å²) < 4.78 is 17.3. The van der Waals surface area contributed by atoms with Gasteiger partial charge in [-0.15, -0.1) is 0 Å². The Hall–Kier alpha value is -1.03. The zero-order valence-electron chi connectivity index (χ0n) is 18.3. The van der Waals surface area contributed by atoms with Gasteiger partial charge < -0.3 is 14.2 Å². The van der Waals surface area contributed by atoms with E-state index in [2.05, 4.69) is 19.9 Å². The van der Waals surface area contributed by atoms with Crippen LogP contribution in [0.1, 0.15) is 110 Å². The van der Waals surface area contributed by atoms with Gasteiger partial charge in [-0.1, -0.05) is 71.6 Å².